The zero-order valence-electron chi connectivity index (χ0n) is 13.7. The molecule has 1 N–H and O–H groups in total. The Kier molecular flexibility index (Phi) is 4.62. The van der Waals surface area contributed by atoms with Crippen molar-refractivity contribution in [2.24, 2.45) is 0 Å². The lowest BCUT2D eigenvalue weighted by atomic mass is 10.1. The highest BCUT2D eigenvalue weighted by atomic mass is 35.5. The standard InChI is InChI=1S/C17H17ClN2O4S/c1-11-3-8-15-14(9-11)20(25(2,22)23)10-16(24-15)17(21)19-13-6-4-12(18)5-7-13/h3-9,16H,10H2,1-2H3,(H,19,21)/t16-/m0/s1. The minimum absolute atomic E-state index is 0.0886. The van der Waals surface area contributed by atoms with Gasteiger partial charge in [-0.1, -0.05) is 17.7 Å². The first-order valence-electron chi connectivity index (χ1n) is 7.55. The fourth-order valence-electron chi connectivity index (χ4n) is 2.57. The second-order valence-corrected chi connectivity index (χ2v) is 8.21. The number of ether oxygens (including phenoxy) is 1. The maximum Gasteiger partial charge on any atom is 0.267 e. The number of aryl methyl sites for hydroxylation is 1. The van der Waals surface area contributed by atoms with Crippen LogP contribution >= 0.6 is 11.6 Å². The van der Waals surface area contributed by atoms with Gasteiger partial charge in [0.1, 0.15) is 5.75 Å². The molecule has 2 aromatic carbocycles. The fourth-order valence-corrected chi connectivity index (χ4v) is 3.60. The molecule has 0 fully saturated rings. The number of anilines is 2. The van der Waals surface area contributed by atoms with E-state index in [1.54, 1.807) is 42.5 Å². The number of sulfonamides is 1. The monoisotopic (exact) mass is 380 g/mol. The quantitative estimate of drug-likeness (QED) is 0.888. The Morgan fingerprint density at radius 3 is 2.56 bits per heavy atom. The number of rotatable bonds is 3. The molecule has 0 spiro atoms. The second-order valence-electron chi connectivity index (χ2n) is 5.87. The molecule has 0 unspecified atom stereocenters. The third kappa shape index (κ3) is 3.88. The third-order valence-electron chi connectivity index (χ3n) is 3.79. The van der Waals surface area contributed by atoms with Gasteiger partial charge in [-0.25, -0.2) is 8.42 Å². The van der Waals surface area contributed by atoms with E-state index in [2.05, 4.69) is 5.32 Å². The van der Waals surface area contributed by atoms with Crippen molar-refractivity contribution in [2.45, 2.75) is 13.0 Å². The van der Waals surface area contributed by atoms with E-state index in [4.69, 9.17) is 16.3 Å². The number of nitrogens with one attached hydrogen (secondary N) is 1. The van der Waals surface area contributed by atoms with E-state index in [1.165, 1.54) is 4.31 Å². The summed E-state index contributed by atoms with van der Waals surface area (Å²) in [5, 5.41) is 3.26. The Morgan fingerprint density at radius 1 is 1.24 bits per heavy atom. The average Bonchev–Trinajstić information content (AvgIpc) is 2.55. The van der Waals surface area contributed by atoms with E-state index in [0.717, 1.165) is 11.8 Å². The van der Waals surface area contributed by atoms with Crippen LogP contribution in [-0.4, -0.2) is 33.2 Å². The molecule has 25 heavy (non-hydrogen) atoms. The number of amides is 1. The summed E-state index contributed by atoms with van der Waals surface area (Å²) in [6.07, 6.45) is 0.152. The largest absolute Gasteiger partial charge is 0.476 e. The maximum absolute atomic E-state index is 12.5. The number of carbonyl (C=O) groups excluding carboxylic acids is 1. The molecule has 132 valence electrons. The van der Waals surface area contributed by atoms with Crippen LogP contribution in [0, 0.1) is 6.92 Å². The van der Waals surface area contributed by atoms with Crippen molar-refractivity contribution in [1.29, 1.82) is 0 Å². The summed E-state index contributed by atoms with van der Waals surface area (Å²) >= 11 is 5.82. The van der Waals surface area contributed by atoms with Gasteiger partial charge in [0.15, 0.2) is 6.10 Å². The van der Waals surface area contributed by atoms with E-state index in [0.29, 0.717) is 22.1 Å². The summed E-state index contributed by atoms with van der Waals surface area (Å²) in [5.74, 6) is -0.0688. The SMILES string of the molecule is Cc1ccc2c(c1)N(S(C)(=O)=O)C[C@@H](C(=O)Nc1ccc(Cl)cc1)O2. The van der Waals surface area contributed by atoms with Crippen molar-refractivity contribution in [1.82, 2.24) is 0 Å². The Morgan fingerprint density at radius 2 is 1.92 bits per heavy atom. The number of halogens is 1. The van der Waals surface area contributed by atoms with Crippen LogP contribution in [0.2, 0.25) is 5.02 Å². The van der Waals surface area contributed by atoms with Gasteiger partial charge >= 0.3 is 0 Å². The first-order valence-corrected chi connectivity index (χ1v) is 9.78. The maximum atomic E-state index is 12.5. The Balaban J connectivity index is 1.87. The normalized spacial score (nSPS) is 16.8. The summed E-state index contributed by atoms with van der Waals surface area (Å²) in [5.41, 5.74) is 1.90. The molecule has 1 aliphatic rings. The number of fused-ring (bicyclic) bond motifs is 1. The zero-order valence-corrected chi connectivity index (χ0v) is 15.3. The van der Waals surface area contributed by atoms with Crippen molar-refractivity contribution < 1.29 is 17.9 Å². The average molecular weight is 381 g/mol. The summed E-state index contributed by atoms with van der Waals surface area (Å²) in [7, 11) is -3.55. The number of hydrogen-bond acceptors (Lipinski definition) is 4. The summed E-state index contributed by atoms with van der Waals surface area (Å²) in [6.45, 7) is 1.77. The number of hydrogen-bond donors (Lipinski definition) is 1. The Hall–Kier alpha value is -2.25. The minimum Gasteiger partial charge on any atom is -0.476 e. The van der Waals surface area contributed by atoms with Crippen LogP contribution in [0.4, 0.5) is 11.4 Å². The molecule has 1 aliphatic heterocycles. The molecule has 6 nitrogen and oxygen atoms in total. The summed E-state index contributed by atoms with van der Waals surface area (Å²) in [6, 6.07) is 11.8. The van der Waals surface area contributed by atoms with Crippen molar-refractivity contribution in [2.75, 3.05) is 22.4 Å². The molecule has 8 heteroatoms. The van der Waals surface area contributed by atoms with Gasteiger partial charge < -0.3 is 10.1 Å². The van der Waals surface area contributed by atoms with E-state index >= 15 is 0 Å². The van der Waals surface area contributed by atoms with Gasteiger partial charge in [-0.3, -0.25) is 9.10 Å². The molecular weight excluding hydrogens is 364 g/mol. The van der Waals surface area contributed by atoms with Crippen LogP contribution in [0.15, 0.2) is 42.5 Å². The van der Waals surface area contributed by atoms with Gasteiger partial charge in [-0.2, -0.15) is 0 Å². The lowest BCUT2D eigenvalue weighted by molar-refractivity contribution is -0.122. The summed E-state index contributed by atoms with van der Waals surface area (Å²) < 4.78 is 31.2. The number of nitrogens with zero attached hydrogens (tertiary/aromatic N) is 1. The smallest absolute Gasteiger partial charge is 0.267 e. The predicted molar refractivity (Wildman–Crippen MR) is 97.9 cm³/mol. The van der Waals surface area contributed by atoms with Crippen LogP contribution < -0.4 is 14.4 Å². The molecule has 0 saturated carbocycles. The van der Waals surface area contributed by atoms with Gasteiger partial charge in [-0.05, 0) is 48.9 Å². The highest BCUT2D eigenvalue weighted by Crippen LogP contribution is 2.36. The van der Waals surface area contributed by atoms with Crippen molar-refractivity contribution >= 4 is 38.9 Å². The van der Waals surface area contributed by atoms with Crippen molar-refractivity contribution in [3.8, 4) is 5.75 Å². The lowest BCUT2D eigenvalue weighted by Crippen LogP contribution is -2.48. The molecule has 3 rings (SSSR count). The predicted octanol–water partition coefficient (Wildman–Crippen LogP) is 2.81. The van der Waals surface area contributed by atoms with Crippen molar-refractivity contribution in [3.05, 3.63) is 53.1 Å². The van der Waals surface area contributed by atoms with Gasteiger partial charge in [-0.15, -0.1) is 0 Å². The topological polar surface area (TPSA) is 75.7 Å². The molecule has 1 atom stereocenters. The van der Waals surface area contributed by atoms with E-state index in [-0.39, 0.29) is 6.54 Å². The zero-order chi connectivity index (χ0) is 18.2. The van der Waals surface area contributed by atoms with Crippen molar-refractivity contribution in [3.63, 3.8) is 0 Å². The molecule has 0 saturated heterocycles. The fraction of sp³-hybridized carbons (Fsp3) is 0.235. The first kappa shape index (κ1) is 17.6. The molecule has 0 aliphatic carbocycles. The van der Waals surface area contributed by atoms with Gasteiger partial charge in [0.2, 0.25) is 10.0 Å². The van der Waals surface area contributed by atoms with Crippen LogP contribution in [-0.2, 0) is 14.8 Å². The first-order chi connectivity index (χ1) is 11.7. The third-order valence-corrected chi connectivity index (χ3v) is 5.19. The molecule has 1 amide bonds. The highest BCUT2D eigenvalue weighted by molar-refractivity contribution is 7.92. The summed E-state index contributed by atoms with van der Waals surface area (Å²) in [4.78, 5) is 12.5. The van der Waals surface area contributed by atoms with Crippen LogP contribution in [0.3, 0.4) is 0 Å². The Labute approximate surface area is 151 Å². The molecule has 0 radical (unpaired) electrons. The molecule has 1 heterocycles. The van der Waals surface area contributed by atoms with Gasteiger partial charge in [0.25, 0.3) is 5.91 Å². The molecule has 0 aromatic heterocycles. The van der Waals surface area contributed by atoms with Crippen LogP contribution in [0.5, 0.6) is 5.75 Å². The van der Waals surface area contributed by atoms with Crippen LogP contribution in [0.25, 0.3) is 0 Å². The molecule has 0 bridgehead atoms. The second kappa shape index (κ2) is 6.57. The molecule has 2 aromatic rings. The van der Waals surface area contributed by atoms with E-state index < -0.39 is 22.0 Å². The number of carbonyl (C=O) groups is 1. The lowest BCUT2D eigenvalue weighted by Gasteiger charge is -2.34. The Bertz CT molecular complexity index is 913. The number of benzene rings is 2. The highest BCUT2D eigenvalue weighted by Gasteiger charge is 2.35. The van der Waals surface area contributed by atoms with Gasteiger partial charge in [0.05, 0.1) is 18.5 Å². The molecular formula is C17H17ClN2O4S. The minimum atomic E-state index is -3.55. The van der Waals surface area contributed by atoms with Gasteiger partial charge in [0, 0.05) is 10.7 Å². The van der Waals surface area contributed by atoms with E-state index in [1.807, 2.05) is 6.92 Å². The van der Waals surface area contributed by atoms with Crippen LogP contribution in [0.1, 0.15) is 5.56 Å². The van der Waals surface area contributed by atoms with E-state index in [9.17, 15) is 13.2 Å².